The number of anilines is 2. The molecule has 270 valence electrons. The molecule has 0 bridgehead atoms. The first-order valence-electron chi connectivity index (χ1n) is 17.6. The highest BCUT2D eigenvalue weighted by atomic mass is 16.3. The van der Waals surface area contributed by atoms with Gasteiger partial charge in [0.1, 0.15) is 12.1 Å². The fourth-order valence-electron chi connectivity index (χ4n) is 7.04. The Morgan fingerprint density at radius 3 is 1.51 bits per heavy atom. The van der Waals surface area contributed by atoms with Crippen LogP contribution in [0.4, 0.5) is 11.4 Å². The fraction of sp³-hybridized carbons (Fsp3) is 0.244. The number of aromatic nitrogens is 2. The number of hydrogen-bond acceptors (Lipinski definition) is 7. The molecule has 0 unspecified atom stereocenters. The third-order valence-electron chi connectivity index (χ3n) is 9.71. The van der Waals surface area contributed by atoms with Crippen LogP contribution < -0.4 is 10.6 Å². The SMILES string of the molecule is O=C(Nc1ccc(-c2nc[nH]c2-c2ccc(NC(=O)[C@@H]3C[C@@H](O)CN3C(=O)Cc3ccccc3)cc2)cc1)[C@@H]1C[C@@H](O)CN1C(=O)Cc1ccccc1. The predicted octanol–water partition coefficient (Wildman–Crippen LogP) is 4.03. The van der Waals surface area contributed by atoms with Crippen molar-refractivity contribution in [2.24, 2.45) is 0 Å². The van der Waals surface area contributed by atoms with E-state index in [0.29, 0.717) is 17.1 Å². The van der Waals surface area contributed by atoms with Gasteiger partial charge in [0, 0.05) is 48.4 Å². The summed E-state index contributed by atoms with van der Waals surface area (Å²) in [5, 5.41) is 26.4. The second-order valence-electron chi connectivity index (χ2n) is 13.5. The lowest BCUT2D eigenvalue weighted by Gasteiger charge is -2.24. The molecule has 3 heterocycles. The average Bonchev–Trinajstić information content (AvgIpc) is 3.92. The number of likely N-dealkylation sites (tertiary alicyclic amines) is 2. The number of rotatable bonds is 10. The van der Waals surface area contributed by atoms with E-state index in [1.54, 1.807) is 30.6 Å². The number of aliphatic hydroxyl groups excluding tert-OH is 2. The third kappa shape index (κ3) is 8.19. The first-order valence-corrected chi connectivity index (χ1v) is 17.6. The van der Waals surface area contributed by atoms with Gasteiger partial charge in [0.05, 0.1) is 42.8 Å². The van der Waals surface area contributed by atoms with Crippen LogP contribution in [-0.4, -0.2) is 91.0 Å². The molecule has 4 amide bonds. The summed E-state index contributed by atoms with van der Waals surface area (Å²) < 4.78 is 0. The highest BCUT2D eigenvalue weighted by molar-refractivity contribution is 5.99. The van der Waals surface area contributed by atoms with Gasteiger partial charge in [0.2, 0.25) is 23.6 Å². The number of benzene rings is 4. The van der Waals surface area contributed by atoms with E-state index in [-0.39, 0.29) is 62.4 Å². The maximum absolute atomic E-state index is 13.3. The zero-order chi connectivity index (χ0) is 36.9. The lowest BCUT2D eigenvalue weighted by atomic mass is 10.0. The van der Waals surface area contributed by atoms with Gasteiger partial charge in [-0.05, 0) is 35.4 Å². The molecule has 0 aliphatic carbocycles. The molecule has 2 saturated heterocycles. The Balaban J connectivity index is 0.972. The third-order valence-corrected chi connectivity index (χ3v) is 9.71. The van der Waals surface area contributed by atoms with Crippen molar-refractivity contribution < 1.29 is 29.4 Å². The first-order chi connectivity index (χ1) is 25.7. The quantitative estimate of drug-likeness (QED) is 0.146. The zero-order valence-corrected chi connectivity index (χ0v) is 28.9. The van der Waals surface area contributed by atoms with Crippen LogP contribution in [0.25, 0.3) is 22.5 Å². The van der Waals surface area contributed by atoms with E-state index >= 15 is 0 Å². The summed E-state index contributed by atoms with van der Waals surface area (Å²) in [5.74, 6) is -1.15. The Morgan fingerprint density at radius 2 is 1.06 bits per heavy atom. The van der Waals surface area contributed by atoms with Crippen LogP contribution in [-0.2, 0) is 32.0 Å². The van der Waals surface area contributed by atoms with Gasteiger partial charge in [-0.15, -0.1) is 0 Å². The van der Waals surface area contributed by atoms with Crippen molar-refractivity contribution in [1.82, 2.24) is 19.8 Å². The van der Waals surface area contributed by atoms with Crippen LogP contribution in [0.5, 0.6) is 0 Å². The van der Waals surface area contributed by atoms with Crippen molar-refractivity contribution in [2.75, 3.05) is 23.7 Å². The first kappa shape index (κ1) is 35.3. The molecule has 53 heavy (non-hydrogen) atoms. The standard InChI is InChI=1S/C41H40N6O6/c48-32-21-34(46(23-32)36(50)19-26-7-3-1-4-8-26)40(52)44-30-15-11-28(12-16-30)38-39(43-25-42-38)29-13-17-31(18-14-29)45-41(53)35-22-33(49)24-47(35)37(51)20-27-9-5-2-6-10-27/h1-18,25,32-35,48-49H,19-24H2,(H,42,43)(H,44,52)(H,45,53)/t32-,33-,34+,35+/m1/s1. The highest BCUT2D eigenvalue weighted by Gasteiger charge is 2.40. The largest absolute Gasteiger partial charge is 0.391 e. The van der Waals surface area contributed by atoms with Gasteiger partial charge in [-0.3, -0.25) is 19.2 Å². The van der Waals surface area contributed by atoms with Crippen molar-refractivity contribution in [3.63, 3.8) is 0 Å². The second-order valence-corrected chi connectivity index (χ2v) is 13.5. The van der Waals surface area contributed by atoms with Gasteiger partial charge in [-0.2, -0.15) is 0 Å². The molecule has 5 aromatic rings. The zero-order valence-electron chi connectivity index (χ0n) is 28.9. The molecule has 12 nitrogen and oxygen atoms in total. The molecule has 2 aliphatic rings. The smallest absolute Gasteiger partial charge is 0.247 e. The number of hydrogen-bond donors (Lipinski definition) is 5. The molecule has 0 saturated carbocycles. The fourth-order valence-corrected chi connectivity index (χ4v) is 7.04. The van der Waals surface area contributed by atoms with Crippen LogP contribution >= 0.6 is 0 Å². The maximum Gasteiger partial charge on any atom is 0.247 e. The number of carbonyl (C=O) groups is 4. The van der Waals surface area contributed by atoms with Crippen LogP contribution in [0.3, 0.4) is 0 Å². The number of carbonyl (C=O) groups excluding carboxylic acids is 4. The Labute approximate surface area is 306 Å². The molecule has 4 atom stereocenters. The Morgan fingerprint density at radius 1 is 0.623 bits per heavy atom. The van der Waals surface area contributed by atoms with Gasteiger partial charge in [0.15, 0.2) is 0 Å². The number of aliphatic hydroxyl groups is 2. The Kier molecular flexibility index (Phi) is 10.4. The molecule has 0 radical (unpaired) electrons. The van der Waals surface area contributed by atoms with Crippen molar-refractivity contribution >= 4 is 35.0 Å². The summed E-state index contributed by atoms with van der Waals surface area (Å²) in [7, 11) is 0. The van der Waals surface area contributed by atoms with Gasteiger partial charge in [-0.1, -0.05) is 84.9 Å². The van der Waals surface area contributed by atoms with Crippen molar-refractivity contribution in [3.8, 4) is 22.5 Å². The topological polar surface area (TPSA) is 168 Å². The van der Waals surface area contributed by atoms with Crippen LogP contribution in [0.2, 0.25) is 0 Å². The van der Waals surface area contributed by atoms with Gasteiger partial charge in [-0.25, -0.2) is 4.98 Å². The van der Waals surface area contributed by atoms with E-state index in [1.807, 2.05) is 84.9 Å². The van der Waals surface area contributed by atoms with E-state index in [0.717, 1.165) is 27.9 Å². The predicted molar refractivity (Wildman–Crippen MR) is 199 cm³/mol. The molecular formula is C41H40N6O6. The lowest BCUT2D eigenvalue weighted by Crippen LogP contribution is -2.43. The number of nitrogens with one attached hydrogen (secondary N) is 3. The Bertz CT molecular complexity index is 1920. The molecular weight excluding hydrogens is 672 g/mol. The number of imidazole rings is 1. The molecule has 1 aromatic heterocycles. The molecule has 5 N–H and O–H groups in total. The summed E-state index contributed by atoms with van der Waals surface area (Å²) in [4.78, 5) is 63.3. The second kappa shape index (κ2) is 15.6. The minimum atomic E-state index is -0.780. The average molecular weight is 713 g/mol. The summed E-state index contributed by atoms with van der Waals surface area (Å²) >= 11 is 0. The summed E-state index contributed by atoms with van der Waals surface area (Å²) in [6, 6.07) is 31.5. The monoisotopic (exact) mass is 712 g/mol. The number of H-pyrrole nitrogens is 1. The summed E-state index contributed by atoms with van der Waals surface area (Å²) in [5.41, 5.74) is 5.84. The van der Waals surface area contributed by atoms with E-state index in [9.17, 15) is 29.4 Å². The lowest BCUT2D eigenvalue weighted by molar-refractivity contribution is -0.136. The van der Waals surface area contributed by atoms with Crippen molar-refractivity contribution in [1.29, 1.82) is 0 Å². The van der Waals surface area contributed by atoms with Crippen molar-refractivity contribution in [2.45, 2.75) is 50.0 Å². The van der Waals surface area contributed by atoms with E-state index in [1.165, 1.54) is 9.80 Å². The molecule has 2 fully saturated rings. The normalized spacial score (nSPS) is 19.6. The Hall–Kier alpha value is -6.11. The number of aromatic amines is 1. The minimum Gasteiger partial charge on any atom is -0.391 e. The maximum atomic E-state index is 13.3. The summed E-state index contributed by atoms with van der Waals surface area (Å²) in [6.45, 7) is 0.218. The molecule has 7 rings (SSSR count). The summed E-state index contributed by atoms with van der Waals surface area (Å²) in [6.07, 6.45) is 0.680. The van der Waals surface area contributed by atoms with Crippen LogP contribution in [0, 0.1) is 0 Å². The molecule has 12 heteroatoms. The highest BCUT2D eigenvalue weighted by Crippen LogP contribution is 2.31. The van der Waals surface area contributed by atoms with E-state index in [4.69, 9.17) is 0 Å². The number of amides is 4. The van der Waals surface area contributed by atoms with E-state index < -0.39 is 24.3 Å². The van der Waals surface area contributed by atoms with E-state index in [2.05, 4.69) is 20.6 Å². The van der Waals surface area contributed by atoms with Crippen LogP contribution in [0.1, 0.15) is 24.0 Å². The van der Waals surface area contributed by atoms with Crippen molar-refractivity contribution in [3.05, 3.63) is 127 Å². The van der Waals surface area contributed by atoms with Gasteiger partial charge >= 0.3 is 0 Å². The molecule has 4 aromatic carbocycles. The number of nitrogens with zero attached hydrogens (tertiary/aromatic N) is 3. The van der Waals surface area contributed by atoms with Gasteiger partial charge in [0.25, 0.3) is 0 Å². The van der Waals surface area contributed by atoms with Gasteiger partial charge < -0.3 is 35.6 Å². The molecule has 2 aliphatic heterocycles. The minimum absolute atomic E-state index is 0.109. The molecule has 0 spiro atoms. The van der Waals surface area contributed by atoms with Crippen LogP contribution in [0.15, 0.2) is 116 Å². The number of β-amino-alcohol motifs (C(OH)–C–C–N with tert-alkyl or cyclic N) is 2.